The molecule has 1 saturated heterocycles. The standard InChI is InChI=1S/C14H19FN2O3/c1-9(2)20-10-3-4-12(11(15)7-10)17-14(18)13-8-16-5-6-19-13/h3-4,7,9,13,16H,5-6,8H2,1-2H3,(H,17,18). The Morgan fingerprint density at radius 2 is 2.35 bits per heavy atom. The molecule has 110 valence electrons. The lowest BCUT2D eigenvalue weighted by molar-refractivity contribution is -0.128. The summed E-state index contributed by atoms with van der Waals surface area (Å²) >= 11 is 0. The number of amides is 1. The Morgan fingerprint density at radius 1 is 1.55 bits per heavy atom. The van der Waals surface area contributed by atoms with Crippen molar-refractivity contribution in [2.45, 2.75) is 26.1 Å². The zero-order valence-electron chi connectivity index (χ0n) is 11.6. The van der Waals surface area contributed by atoms with Gasteiger partial charge in [0, 0.05) is 19.2 Å². The minimum atomic E-state index is -0.588. The Bertz CT molecular complexity index is 473. The number of ether oxygens (including phenoxy) is 2. The van der Waals surface area contributed by atoms with Crippen molar-refractivity contribution in [2.75, 3.05) is 25.0 Å². The van der Waals surface area contributed by atoms with E-state index in [2.05, 4.69) is 10.6 Å². The van der Waals surface area contributed by atoms with Gasteiger partial charge in [0.1, 0.15) is 17.7 Å². The highest BCUT2D eigenvalue weighted by atomic mass is 19.1. The van der Waals surface area contributed by atoms with Crippen LogP contribution in [0.25, 0.3) is 0 Å². The van der Waals surface area contributed by atoms with Gasteiger partial charge in [-0.1, -0.05) is 0 Å². The molecule has 2 rings (SSSR count). The topological polar surface area (TPSA) is 59.6 Å². The number of morpholine rings is 1. The zero-order chi connectivity index (χ0) is 14.5. The van der Waals surface area contributed by atoms with Gasteiger partial charge >= 0.3 is 0 Å². The van der Waals surface area contributed by atoms with Gasteiger partial charge in [0.05, 0.1) is 18.4 Å². The van der Waals surface area contributed by atoms with Crippen molar-refractivity contribution in [3.8, 4) is 5.75 Å². The third-order valence-corrected chi connectivity index (χ3v) is 2.79. The minimum absolute atomic E-state index is 0.0310. The highest BCUT2D eigenvalue weighted by molar-refractivity contribution is 5.94. The number of benzene rings is 1. The summed E-state index contributed by atoms with van der Waals surface area (Å²) in [4.78, 5) is 11.9. The Labute approximate surface area is 117 Å². The van der Waals surface area contributed by atoms with E-state index in [1.54, 1.807) is 6.07 Å². The first-order valence-electron chi connectivity index (χ1n) is 6.65. The van der Waals surface area contributed by atoms with E-state index in [0.29, 0.717) is 18.9 Å². The molecule has 20 heavy (non-hydrogen) atoms. The second kappa shape index (κ2) is 6.67. The van der Waals surface area contributed by atoms with E-state index in [9.17, 15) is 9.18 Å². The molecule has 5 nitrogen and oxygen atoms in total. The van der Waals surface area contributed by atoms with Crippen molar-refractivity contribution in [3.63, 3.8) is 0 Å². The van der Waals surface area contributed by atoms with Crippen molar-refractivity contribution in [1.29, 1.82) is 0 Å². The molecule has 6 heteroatoms. The van der Waals surface area contributed by atoms with E-state index in [4.69, 9.17) is 9.47 Å². The Morgan fingerprint density at radius 3 is 2.95 bits per heavy atom. The van der Waals surface area contributed by atoms with Crippen LogP contribution in [0.4, 0.5) is 10.1 Å². The van der Waals surface area contributed by atoms with Crippen LogP contribution in [0.15, 0.2) is 18.2 Å². The molecule has 1 heterocycles. The number of nitrogens with one attached hydrogen (secondary N) is 2. The summed E-state index contributed by atoms with van der Waals surface area (Å²) < 4.78 is 24.6. The number of hydrogen-bond donors (Lipinski definition) is 2. The van der Waals surface area contributed by atoms with Crippen molar-refractivity contribution in [1.82, 2.24) is 5.32 Å². The van der Waals surface area contributed by atoms with Crippen LogP contribution in [-0.2, 0) is 9.53 Å². The van der Waals surface area contributed by atoms with Crippen LogP contribution in [-0.4, -0.2) is 37.8 Å². The van der Waals surface area contributed by atoms with Gasteiger partial charge in [-0.25, -0.2) is 4.39 Å². The summed E-state index contributed by atoms with van der Waals surface area (Å²) in [7, 11) is 0. The Hall–Kier alpha value is -1.66. The Balaban J connectivity index is 2.00. The third-order valence-electron chi connectivity index (χ3n) is 2.79. The lowest BCUT2D eigenvalue weighted by Crippen LogP contribution is -2.45. The fourth-order valence-corrected chi connectivity index (χ4v) is 1.89. The van der Waals surface area contributed by atoms with Crippen LogP contribution in [0.3, 0.4) is 0 Å². The molecule has 1 aliphatic heterocycles. The lowest BCUT2D eigenvalue weighted by atomic mass is 10.2. The molecule has 0 bridgehead atoms. The first kappa shape index (κ1) is 14.7. The van der Waals surface area contributed by atoms with E-state index >= 15 is 0 Å². The summed E-state index contributed by atoms with van der Waals surface area (Å²) in [5, 5.41) is 5.57. The van der Waals surface area contributed by atoms with Crippen LogP contribution >= 0.6 is 0 Å². The largest absolute Gasteiger partial charge is 0.491 e. The molecule has 1 amide bonds. The van der Waals surface area contributed by atoms with Crippen molar-refractivity contribution >= 4 is 11.6 Å². The van der Waals surface area contributed by atoms with Crippen LogP contribution < -0.4 is 15.4 Å². The number of anilines is 1. The molecular formula is C14H19FN2O3. The summed E-state index contributed by atoms with van der Waals surface area (Å²) in [5.74, 6) is -0.444. The average Bonchev–Trinajstić information content (AvgIpc) is 2.42. The SMILES string of the molecule is CC(C)Oc1ccc(NC(=O)C2CNCCO2)c(F)c1. The first-order chi connectivity index (χ1) is 9.56. The summed E-state index contributed by atoms with van der Waals surface area (Å²) in [6.07, 6.45) is -0.619. The Kier molecular flexibility index (Phi) is 4.92. The molecule has 0 spiro atoms. The van der Waals surface area contributed by atoms with Gasteiger partial charge in [0.2, 0.25) is 0 Å². The van der Waals surface area contributed by atoms with Crippen LogP contribution in [0.2, 0.25) is 0 Å². The maximum absolute atomic E-state index is 13.9. The zero-order valence-corrected chi connectivity index (χ0v) is 11.6. The van der Waals surface area contributed by atoms with Crippen LogP contribution in [0, 0.1) is 5.82 Å². The second-order valence-corrected chi connectivity index (χ2v) is 4.86. The predicted octanol–water partition coefficient (Wildman–Crippen LogP) is 1.54. The number of carbonyl (C=O) groups is 1. The fourth-order valence-electron chi connectivity index (χ4n) is 1.89. The molecule has 1 aromatic carbocycles. The molecule has 2 N–H and O–H groups in total. The summed E-state index contributed by atoms with van der Waals surface area (Å²) in [6, 6.07) is 4.37. The monoisotopic (exact) mass is 282 g/mol. The fraction of sp³-hybridized carbons (Fsp3) is 0.500. The number of carbonyl (C=O) groups excluding carboxylic acids is 1. The van der Waals surface area contributed by atoms with Gasteiger partial charge in [-0.05, 0) is 26.0 Å². The van der Waals surface area contributed by atoms with E-state index in [0.717, 1.165) is 6.54 Å². The molecular weight excluding hydrogens is 263 g/mol. The normalized spacial score (nSPS) is 18.9. The summed E-state index contributed by atoms with van der Waals surface area (Å²) in [6.45, 7) is 5.35. The molecule has 0 aromatic heterocycles. The quantitative estimate of drug-likeness (QED) is 0.879. The van der Waals surface area contributed by atoms with E-state index < -0.39 is 11.9 Å². The van der Waals surface area contributed by atoms with Gasteiger partial charge in [0.15, 0.2) is 0 Å². The number of halogens is 1. The van der Waals surface area contributed by atoms with Crippen molar-refractivity contribution in [3.05, 3.63) is 24.0 Å². The molecule has 1 aliphatic rings. The van der Waals surface area contributed by atoms with E-state index in [-0.39, 0.29) is 17.7 Å². The smallest absolute Gasteiger partial charge is 0.254 e. The molecule has 0 radical (unpaired) electrons. The van der Waals surface area contributed by atoms with E-state index in [1.807, 2.05) is 13.8 Å². The highest BCUT2D eigenvalue weighted by Gasteiger charge is 2.22. The number of hydrogen-bond acceptors (Lipinski definition) is 4. The highest BCUT2D eigenvalue weighted by Crippen LogP contribution is 2.21. The van der Waals surface area contributed by atoms with Gasteiger partial charge < -0.3 is 20.1 Å². The maximum atomic E-state index is 13.9. The second-order valence-electron chi connectivity index (χ2n) is 4.86. The van der Waals surface area contributed by atoms with E-state index in [1.165, 1.54) is 12.1 Å². The minimum Gasteiger partial charge on any atom is -0.491 e. The average molecular weight is 282 g/mol. The van der Waals surface area contributed by atoms with Crippen LogP contribution in [0.1, 0.15) is 13.8 Å². The van der Waals surface area contributed by atoms with Gasteiger partial charge in [-0.15, -0.1) is 0 Å². The van der Waals surface area contributed by atoms with Gasteiger partial charge in [0.25, 0.3) is 5.91 Å². The molecule has 1 unspecified atom stereocenters. The van der Waals surface area contributed by atoms with Gasteiger partial charge in [-0.3, -0.25) is 4.79 Å². The molecule has 1 aromatic rings. The first-order valence-corrected chi connectivity index (χ1v) is 6.65. The maximum Gasteiger partial charge on any atom is 0.254 e. The molecule has 0 aliphatic carbocycles. The molecule has 1 fully saturated rings. The van der Waals surface area contributed by atoms with Crippen molar-refractivity contribution < 1.29 is 18.7 Å². The third kappa shape index (κ3) is 3.91. The molecule has 1 atom stereocenters. The van der Waals surface area contributed by atoms with Gasteiger partial charge in [-0.2, -0.15) is 0 Å². The van der Waals surface area contributed by atoms with Crippen molar-refractivity contribution in [2.24, 2.45) is 0 Å². The summed E-state index contributed by atoms with van der Waals surface area (Å²) in [5.41, 5.74) is 0.125. The lowest BCUT2D eigenvalue weighted by Gasteiger charge is -2.22. The van der Waals surface area contributed by atoms with Crippen LogP contribution in [0.5, 0.6) is 5.75 Å². The number of rotatable bonds is 4. The molecule has 0 saturated carbocycles. The predicted molar refractivity (Wildman–Crippen MR) is 73.4 cm³/mol.